The van der Waals surface area contributed by atoms with Gasteiger partial charge in [-0.15, -0.1) is 0 Å². The van der Waals surface area contributed by atoms with E-state index >= 15 is 0 Å². The molecule has 1 saturated heterocycles. The number of aryl methyl sites for hydroxylation is 1. The molecule has 2 aromatic rings. The second kappa shape index (κ2) is 8.72. The van der Waals surface area contributed by atoms with Crippen molar-refractivity contribution in [1.82, 2.24) is 10.2 Å². The van der Waals surface area contributed by atoms with Crippen molar-refractivity contribution >= 4 is 5.91 Å². The molecule has 25 heavy (non-hydrogen) atoms. The maximum absolute atomic E-state index is 12.2. The topological polar surface area (TPSA) is 54.7 Å². The predicted octanol–water partition coefficient (Wildman–Crippen LogP) is 3.31. The summed E-state index contributed by atoms with van der Waals surface area (Å²) < 4.78 is 11.1. The second-order valence-corrected chi connectivity index (χ2v) is 6.53. The Morgan fingerprint density at radius 3 is 2.64 bits per heavy atom. The molecular weight excluding hydrogens is 316 g/mol. The molecule has 2 heterocycles. The van der Waals surface area contributed by atoms with Crippen LogP contribution >= 0.6 is 0 Å². The van der Waals surface area contributed by atoms with Gasteiger partial charge in [0.05, 0.1) is 12.3 Å². The van der Waals surface area contributed by atoms with Crippen molar-refractivity contribution in [3.05, 3.63) is 54.0 Å². The number of nitrogens with one attached hydrogen (secondary N) is 1. The number of furan rings is 1. The van der Waals surface area contributed by atoms with Gasteiger partial charge in [-0.1, -0.05) is 24.1 Å². The molecule has 1 amide bonds. The van der Waals surface area contributed by atoms with Crippen LogP contribution in [0.15, 0.2) is 47.1 Å². The molecule has 5 nitrogen and oxygen atoms in total. The highest BCUT2D eigenvalue weighted by Gasteiger charge is 2.24. The van der Waals surface area contributed by atoms with Crippen LogP contribution in [0.25, 0.3) is 0 Å². The number of nitrogens with zero attached hydrogens (tertiary/aromatic N) is 1. The van der Waals surface area contributed by atoms with E-state index in [2.05, 4.69) is 10.2 Å². The third-order valence-electron chi connectivity index (χ3n) is 4.59. The lowest BCUT2D eigenvalue weighted by Crippen LogP contribution is -2.41. The third kappa shape index (κ3) is 5.10. The number of carbonyl (C=O) groups is 1. The van der Waals surface area contributed by atoms with Crippen molar-refractivity contribution in [3.8, 4) is 5.75 Å². The maximum atomic E-state index is 12.2. The minimum Gasteiger partial charge on any atom is -0.484 e. The monoisotopic (exact) mass is 342 g/mol. The number of rotatable bonds is 7. The number of piperidine rings is 1. The fraction of sp³-hybridized carbons (Fsp3) is 0.450. The van der Waals surface area contributed by atoms with Gasteiger partial charge < -0.3 is 14.5 Å². The normalized spacial score (nSPS) is 16.4. The standard InChI is InChI=1S/C20H26N2O3/c1-16-7-9-17(10-8-16)25-15-20(23)21-14-18(19-6-5-13-24-19)22-11-3-2-4-12-22/h5-10,13,18H,2-4,11-12,14-15H2,1H3,(H,21,23)/t18-/m0/s1. The summed E-state index contributed by atoms with van der Waals surface area (Å²) in [5, 5.41) is 2.98. The van der Waals surface area contributed by atoms with Crippen molar-refractivity contribution < 1.29 is 13.9 Å². The first-order valence-corrected chi connectivity index (χ1v) is 8.96. The summed E-state index contributed by atoms with van der Waals surface area (Å²) in [5.41, 5.74) is 1.17. The Labute approximate surface area is 149 Å². The molecule has 5 heteroatoms. The predicted molar refractivity (Wildman–Crippen MR) is 96.6 cm³/mol. The second-order valence-electron chi connectivity index (χ2n) is 6.53. The number of benzene rings is 1. The molecule has 0 radical (unpaired) electrons. The van der Waals surface area contributed by atoms with Gasteiger partial charge in [-0.2, -0.15) is 0 Å². The van der Waals surface area contributed by atoms with Crippen molar-refractivity contribution in [1.29, 1.82) is 0 Å². The van der Waals surface area contributed by atoms with Crippen LogP contribution in [0.1, 0.15) is 36.6 Å². The van der Waals surface area contributed by atoms with Gasteiger partial charge >= 0.3 is 0 Å². The zero-order valence-corrected chi connectivity index (χ0v) is 14.7. The molecule has 1 aromatic heterocycles. The molecule has 1 aromatic carbocycles. The zero-order valence-electron chi connectivity index (χ0n) is 14.7. The molecule has 3 rings (SSSR count). The van der Waals surface area contributed by atoms with E-state index in [1.165, 1.54) is 24.8 Å². The van der Waals surface area contributed by atoms with Crippen molar-refractivity contribution in [2.45, 2.75) is 32.2 Å². The molecule has 1 atom stereocenters. The van der Waals surface area contributed by atoms with Gasteiger partial charge in [0.2, 0.25) is 0 Å². The van der Waals surface area contributed by atoms with Gasteiger partial charge in [-0.25, -0.2) is 0 Å². The van der Waals surface area contributed by atoms with Crippen molar-refractivity contribution in [2.75, 3.05) is 26.2 Å². The average molecular weight is 342 g/mol. The summed E-state index contributed by atoms with van der Waals surface area (Å²) in [4.78, 5) is 14.5. The number of hydrogen-bond donors (Lipinski definition) is 1. The minimum absolute atomic E-state index is 0.0218. The molecule has 1 aliphatic rings. The van der Waals surface area contributed by atoms with Crippen LogP contribution in [-0.2, 0) is 4.79 Å². The van der Waals surface area contributed by atoms with E-state index in [1.807, 2.05) is 43.3 Å². The summed E-state index contributed by atoms with van der Waals surface area (Å²) in [6.45, 7) is 4.66. The number of amides is 1. The average Bonchev–Trinajstić information content (AvgIpc) is 3.17. The smallest absolute Gasteiger partial charge is 0.258 e. The fourth-order valence-electron chi connectivity index (χ4n) is 3.17. The molecule has 1 fully saturated rings. The Balaban J connectivity index is 1.51. The summed E-state index contributed by atoms with van der Waals surface area (Å²) in [6, 6.07) is 11.7. The quantitative estimate of drug-likeness (QED) is 0.839. The van der Waals surface area contributed by atoms with E-state index in [4.69, 9.17) is 9.15 Å². The maximum Gasteiger partial charge on any atom is 0.258 e. The first-order chi connectivity index (χ1) is 12.2. The van der Waals surface area contributed by atoms with E-state index in [1.54, 1.807) is 6.26 Å². The van der Waals surface area contributed by atoms with Crippen LogP contribution in [0.4, 0.5) is 0 Å². The Morgan fingerprint density at radius 1 is 1.20 bits per heavy atom. The lowest BCUT2D eigenvalue weighted by Gasteiger charge is -2.33. The Bertz CT molecular complexity index is 646. The van der Waals surface area contributed by atoms with Gasteiger partial charge in [0.1, 0.15) is 11.5 Å². The Morgan fingerprint density at radius 2 is 1.96 bits per heavy atom. The Hall–Kier alpha value is -2.27. The fourth-order valence-corrected chi connectivity index (χ4v) is 3.17. The van der Waals surface area contributed by atoms with Gasteiger partial charge in [0, 0.05) is 6.54 Å². The first-order valence-electron chi connectivity index (χ1n) is 8.96. The zero-order chi connectivity index (χ0) is 17.5. The number of likely N-dealkylation sites (tertiary alicyclic amines) is 1. The van der Waals surface area contributed by atoms with Crippen molar-refractivity contribution in [3.63, 3.8) is 0 Å². The lowest BCUT2D eigenvalue weighted by atomic mass is 10.1. The molecule has 0 saturated carbocycles. The number of hydrogen-bond acceptors (Lipinski definition) is 4. The molecule has 0 bridgehead atoms. The van der Waals surface area contributed by atoms with Crippen molar-refractivity contribution in [2.24, 2.45) is 0 Å². The number of carbonyl (C=O) groups excluding carboxylic acids is 1. The van der Waals surface area contributed by atoms with Crippen LogP contribution in [0.5, 0.6) is 5.75 Å². The van der Waals surface area contributed by atoms with Gasteiger partial charge in [0.15, 0.2) is 6.61 Å². The molecule has 0 aliphatic carbocycles. The summed E-state index contributed by atoms with van der Waals surface area (Å²) >= 11 is 0. The molecule has 134 valence electrons. The highest BCUT2D eigenvalue weighted by atomic mass is 16.5. The summed E-state index contributed by atoms with van der Waals surface area (Å²) in [5.74, 6) is 1.50. The van der Waals surface area contributed by atoms with Crippen LogP contribution in [0.3, 0.4) is 0 Å². The highest BCUT2D eigenvalue weighted by Crippen LogP contribution is 2.24. The summed E-state index contributed by atoms with van der Waals surface area (Å²) in [7, 11) is 0. The molecule has 0 spiro atoms. The van der Waals surface area contributed by atoms with E-state index in [9.17, 15) is 4.79 Å². The van der Waals surface area contributed by atoms with E-state index in [0.717, 1.165) is 18.8 Å². The third-order valence-corrected chi connectivity index (χ3v) is 4.59. The molecule has 1 N–H and O–H groups in total. The Kier molecular flexibility index (Phi) is 6.12. The van der Waals surface area contributed by atoms with Gasteiger partial charge in [-0.3, -0.25) is 9.69 Å². The van der Waals surface area contributed by atoms with E-state index in [0.29, 0.717) is 12.3 Å². The first kappa shape index (κ1) is 17.5. The van der Waals surface area contributed by atoms with Crippen LogP contribution in [-0.4, -0.2) is 37.0 Å². The largest absolute Gasteiger partial charge is 0.484 e. The minimum atomic E-state index is -0.117. The summed E-state index contributed by atoms with van der Waals surface area (Å²) in [6.07, 6.45) is 5.36. The molecular formula is C20H26N2O3. The highest BCUT2D eigenvalue weighted by molar-refractivity contribution is 5.77. The SMILES string of the molecule is Cc1ccc(OCC(=O)NC[C@@H](c2ccco2)N2CCCCC2)cc1. The van der Waals surface area contributed by atoms with Crippen LogP contribution < -0.4 is 10.1 Å². The lowest BCUT2D eigenvalue weighted by molar-refractivity contribution is -0.123. The van der Waals surface area contributed by atoms with E-state index in [-0.39, 0.29) is 18.6 Å². The van der Waals surface area contributed by atoms with Crippen LogP contribution in [0, 0.1) is 6.92 Å². The molecule has 0 unspecified atom stereocenters. The van der Waals surface area contributed by atoms with Gasteiger partial charge in [0.25, 0.3) is 5.91 Å². The number of ether oxygens (including phenoxy) is 1. The molecule has 1 aliphatic heterocycles. The van der Waals surface area contributed by atoms with Crippen LogP contribution in [0.2, 0.25) is 0 Å². The van der Waals surface area contributed by atoms with E-state index < -0.39 is 0 Å². The van der Waals surface area contributed by atoms with Gasteiger partial charge in [-0.05, 0) is 57.1 Å².